The summed E-state index contributed by atoms with van der Waals surface area (Å²) in [5.74, 6) is -0.814. The minimum absolute atomic E-state index is 0.324. The summed E-state index contributed by atoms with van der Waals surface area (Å²) in [5, 5.41) is 5.06. The van der Waals surface area contributed by atoms with Crippen molar-refractivity contribution in [3.8, 4) is 11.1 Å². The summed E-state index contributed by atoms with van der Waals surface area (Å²) in [5.41, 5.74) is 2.39. The number of amides is 1. The van der Waals surface area contributed by atoms with Crippen LogP contribution in [0, 0.1) is 0 Å². The number of aromatic nitrogens is 1. The Hall–Kier alpha value is -2.99. The van der Waals surface area contributed by atoms with E-state index in [1.54, 1.807) is 18.3 Å². The standard InChI is InChI=1S/C18H14N2O3S/c1-23-18(22)15-14(12-6-3-2-4-7-12)11-24-17(15)20-16(21)13-8-5-9-19-10-13/h2-11H,1H3,(H,20,21). The van der Waals surface area contributed by atoms with E-state index in [1.807, 2.05) is 35.7 Å². The second-order valence-corrected chi connectivity index (χ2v) is 5.79. The lowest BCUT2D eigenvalue weighted by molar-refractivity contribution is 0.0603. The van der Waals surface area contributed by atoms with Crippen LogP contribution >= 0.6 is 11.3 Å². The second-order valence-electron chi connectivity index (χ2n) is 4.91. The molecule has 2 heterocycles. The Balaban J connectivity index is 1.98. The molecule has 0 saturated carbocycles. The normalized spacial score (nSPS) is 10.2. The Morgan fingerprint density at radius 1 is 1.12 bits per heavy atom. The topological polar surface area (TPSA) is 68.3 Å². The highest BCUT2D eigenvalue weighted by molar-refractivity contribution is 7.15. The smallest absolute Gasteiger partial charge is 0.341 e. The third-order valence-corrected chi connectivity index (χ3v) is 4.31. The number of hydrogen-bond acceptors (Lipinski definition) is 5. The predicted octanol–water partition coefficient (Wildman–Crippen LogP) is 3.85. The van der Waals surface area contributed by atoms with Gasteiger partial charge in [0.1, 0.15) is 10.6 Å². The third-order valence-electron chi connectivity index (χ3n) is 3.42. The van der Waals surface area contributed by atoms with Crippen LogP contribution < -0.4 is 5.32 Å². The van der Waals surface area contributed by atoms with Gasteiger partial charge in [-0.3, -0.25) is 9.78 Å². The van der Waals surface area contributed by atoms with Gasteiger partial charge >= 0.3 is 5.97 Å². The zero-order valence-corrected chi connectivity index (χ0v) is 13.7. The average Bonchev–Trinajstić information content (AvgIpc) is 3.06. The predicted molar refractivity (Wildman–Crippen MR) is 93.3 cm³/mol. The molecule has 0 fully saturated rings. The van der Waals surface area contributed by atoms with E-state index in [9.17, 15) is 9.59 Å². The van der Waals surface area contributed by atoms with E-state index >= 15 is 0 Å². The van der Waals surface area contributed by atoms with Crippen molar-refractivity contribution in [3.05, 3.63) is 71.4 Å². The molecule has 3 rings (SSSR count). The van der Waals surface area contributed by atoms with Crippen molar-refractivity contribution in [1.82, 2.24) is 4.98 Å². The van der Waals surface area contributed by atoms with Gasteiger partial charge in [-0.25, -0.2) is 4.79 Å². The number of esters is 1. The molecule has 5 nitrogen and oxygen atoms in total. The molecule has 0 bridgehead atoms. The number of hydrogen-bond donors (Lipinski definition) is 1. The molecule has 120 valence electrons. The summed E-state index contributed by atoms with van der Waals surface area (Å²) in [4.78, 5) is 28.5. The number of methoxy groups -OCH3 is 1. The number of ether oxygens (including phenoxy) is 1. The number of carbonyl (C=O) groups excluding carboxylic acids is 2. The summed E-state index contributed by atoms with van der Waals surface area (Å²) in [6, 6.07) is 12.8. The van der Waals surface area contributed by atoms with Crippen molar-refractivity contribution < 1.29 is 14.3 Å². The summed E-state index contributed by atoms with van der Waals surface area (Å²) >= 11 is 1.28. The van der Waals surface area contributed by atoms with Crippen LogP contribution in [0.25, 0.3) is 11.1 Å². The molecule has 1 aromatic carbocycles. The fourth-order valence-electron chi connectivity index (χ4n) is 2.26. The highest BCUT2D eigenvalue weighted by Crippen LogP contribution is 2.36. The van der Waals surface area contributed by atoms with Crippen molar-refractivity contribution >= 4 is 28.2 Å². The van der Waals surface area contributed by atoms with Crippen LogP contribution in [0.15, 0.2) is 60.2 Å². The summed E-state index contributed by atoms with van der Waals surface area (Å²) in [7, 11) is 1.32. The Labute approximate surface area is 142 Å². The maximum absolute atomic E-state index is 12.3. The Morgan fingerprint density at radius 2 is 1.92 bits per heavy atom. The van der Waals surface area contributed by atoms with Gasteiger partial charge in [-0.1, -0.05) is 30.3 Å². The molecule has 0 spiro atoms. The SMILES string of the molecule is COC(=O)c1c(-c2ccccc2)csc1NC(=O)c1cccnc1. The molecule has 0 atom stereocenters. The van der Waals surface area contributed by atoms with E-state index in [4.69, 9.17) is 4.74 Å². The number of rotatable bonds is 4. The highest BCUT2D eigenvalue weighted by Gasteiger charge is 2.22. The van der Waals surface area contributed by atoms with Crippen LogP contribution in [-0.4, -0.2) is 24.0 Å². The maximum atomic E-state index is 12.3. The monoisotopic (exact) mass is 338 g/mol. The van der Waals surface area contributed by atoms with Crippen molar-refractivity contribution in [2.24, 2.45) is 0 Å². The van der Waals surface area contributed by atoms with Gasteiger partial charge in [-0.05, 0) is 17.7 Å². The van der Waals surface area contributed by atoms with Gasteiger partial charge in [-0.2, -0.15) is 0 Å². The Kier molecular flexibility index (Phi) is 4.67. The number of thiophene rings is 1. The summed E-state index contributed by atoms with van der Waals surface area (Å²) in [6.07, 6.45) is 3.06. The first kappa shape index (κ1) is 15.9. The molecular weight excluding hydrogens is 324 g/mol. The summed E-state index contributed by atoms with van der Waals surface area (Å²) in [6.45, 7) is 0. The van der Waals surface area contributed by atoms with Crippen LogP contribution in [0.4, 0.5) is 5.00 Å². The molecule has 0 saturated heterocycles. The molecule has 0 aliphatic rings. The molecule has 2 aromatic heterocycles. The highest BCUT2D eigenvalue weighted by atomic mass is 32.1. The number of nitrogens with zero attached hydrogens (tertiary/aromatic N) is 1. The van der Waals surface area contributed by atoms with Gasteiger partial charge < -0.3 is 10.1 Å². The lowest BCUT2D eigenvalue weighted by Gasteiger charge is -2.07. The zero-order chi connectivity index (χ0) is 16.9. The zero-order valence-electron chi connectivity index (χ0n) is 12.9. The number of anilines is 1. The van der Waals surface area contributed by atoms with Gasteiger partial charge in [0.2, 0.25) is 0 Å². The largest absolute Gasteiger partial charge is 0.465 e. The molecule has 0 aliphatic heterocycles. The van der Waals surface area contributed by atoms with Crippen molar-refractivity contribution in [1.29, 1.82) is 0 Å². The van der Waals surface area contributed by atoms with Crippen LogP contribution in [-0.2, 0) is 4.74 Å². The van der Waals surface area contributed by atoms with E-state index in [0.29, 0.717) is 16.1 Å². The van der Waals surface area contributed by atoms with Gasteiger partial charge in [0.05, 0.1) is 12.7 Å². The molecule has 0 radical (unpaired) electrons. The number of carbonyl (C=O) groups is 2. The van der Waals surface area contributed by atoms with Crippen LogP contribution in [0.5, 0.6) is 0 Å². The number of benzene rings is 1. The van der Waals surface area contributed by atoms with Crippen molar-refractivity contribution in [3.63, 3.8) is 0 Å². The van der Waals surface area contributed by atoms with Crippen LogP contribution in [0.1, 0.15) is 20.7 Å². The molecule has 24 heavy (non-hydrogen) atoms. The second kappa shape index (κ2) is 7.06. The third kappa shape index (κ3) is 3.18. The first-order chi connectivity index (χ1) is 11.7. The molecule has 3 aromatic rings. The fourth-order valence-corrected chi connectivity index (χ4v) is 3.21. The van der Waals surface area contributed by atoms with E-state index in [1.165, 1.54) is 24.6 Å². The molecule has 1 amide bonds. The van der Waals surface area contributed by atoms with Crippen LogP contribution in [0.3, 0.4) is 0 Å². The lowest BCUT2D eigenvalue weighted by atomic mass is 10.0. The van der Waals surface area contributed by atoms with Gasteiger partial charge in [-0.15, -0.1) is 11.3 Å². The number of pyridine rings is 1. The average molecular weight is 338 g/mol. The first-order valence-electron chi connectivity index (χ1n) is 7.17. The van der Waals surface area contributed by atoms with E-state index in [2.05, 4.69) is 10.3 Å². The van der Waals surface area contributed by atoms with E-state index in [0.717, 1.165) is 11.1 Å². The van der Waals surface area contributed by atoms with E-state index in [-0.39, 0.29) is 5.91 Å². The summed E-state index contributed by atoms with van der Waals surface area (Å²) < 4.78 is 4.89. The quantitative estimate of drug-likeness (QED) is 0.734. The Morgan fingerprint density at radius 3 is 2.58 bits per heavy atom. The molecule has 6 heteroatoms. The maximum Gasteiger partial charge on any atom is 0.341 e. The Bertz CT molecular complexity index is 860. The molecule has 0 aliphatic carbocycles. The molecule has 0 unspecified atom stereocenters. The minimum Gasteiger partial charge on any atom is -0.465 e. The van der Waals surface area contributed by atoms with Crippen molar-refractivity contribution in [2.75, 3.05) is 12.4 Å². The van der Waals surface area contributed by atoms with Gasteiger partial charge in [0, 0.05) is 23.3 Å². The van der Waals surface area contributed by atoms with E-state index < -0.39 is 5.97 Å². The fraction of sp³-hybridized carbons (Fsp3) is 0.0556. The van der Waals surface area contributed by atoms with Gasteiger partial charge in [0.25, 0.3) is 5.91 Å². The first-order valence-corrected chi connectivity index (χ1v) is 8.05. The van der Waals surface area contributed by atoms with Crippen LogP contribution in [0.2, 0.25) is 0 Å². The minimum atomic E-state index is -0.489. The number of nitrogens with one attached hydrogen (secondary N) is 1. The molecule has 1 N–H and O–H groups in total. The van der Waals surface area contributed by atoms with Gasteiger partial charge in [0.15, 0.2) is 0 Å². The van der Waals surface area contributed by atoms with Crippen molar-refractivity contribution in [2.45, 2.75) is 0 Å². The molecular formula is C18H14N2O3S. The lowest BCUT2D eigenvalue weighted by Crippen LogP contribution is -2.14.